The van der Waals surface area contributed by atoms with Crippen molar-refractivity contribution >= 4 is 58.9 Å². The van der Waals surface area contributed by atoms with E-state index in [0.29, 0.717) is 30.8 Å². The molecule has 1 atom stereocenters. The van der Waals surface area contributed by atoms with Crippen LogP contribution in [-0.2, 0) is 25.7 Å². The fourth-order valence-corrected chi connectivity index (χ4v) is 3.06. The number of aliphatic imine (C=N–C) groups is 1. The predicted molar refractivity (Wildman–Crippen MR) is 119 cm³/mol. The molecular formula is C22H29FN4NaO4. The van der Waals surface area contributed by atoms with Gasteiger partial charge in [0.15, 0.2) is 6.04 Å². The van der Waals surface area contributed by atoms with Crippen molar-refractivity contribution < 1.29 is 23.6 Å². The standard InChI is InChI=1S/C22H29FN4O4.Na/c1-5-16(28)24-11-6-12-27-20(31)18(29)17(26-21(27)22(2,3)4)19(30)25-13-14-7-9-15(23)10-8-14;/h7-10,17H,5-6,11-13H2,1-4H3,(H,24,28)(H,25,30);. The first-order chi connectivity index (χ1) is 14.5. The van der Waals surface area contributed by atoms with Gasteiger partial charge in [-0.1, -0.05) is 39.8 Å². The second kappa shape index (κ2) is 12.2. The third kappa shape index (κ3) is 7.50. The fraction of sp³-hybridized carbons (Fsp3) is 0.500. The minimum atomic E-state index is -1.46. The number of Topliss-reactive ketones (excluding diaryl/α,β-unsaturated/α-hetero) is 1. The van der Waals surface area contributed by atoms with Crippen LogP contribution < -0.4 is 10.6 Å². The summed E-state index contributed by atoms with van der Waals surface area (Å²) in [6, 6.07) is 4.12. The van der Waals surface area contributed by atoms with E-state index in [1.54, 1.807) is 6.92 Å². The number of hydrogen-bond donors (Lipinski definition) is 2. The van der Waals surface area contributed by atoms with Crippen LogP contribution in [0, 0.1) is 11.2 Å². The Morgan fingerprint density at radius 3 is 2.31 bits per heavy atom. The molecule has 10 heteroatoms. The monoisotopic (exact) mass is 455 g/mol. The van der Waals surface area contributed by atoms with Crippen molar-refractivity contribution in [3.63, 3.8) is 0 Å². The zero-order valence-corrected chi connectivity index (χ0v) is 21.3. The topological polar surface area (TPSA) is 108 Å². The van der Waals surface area contributed by atoms with Crippen molar-refractivity contribution in [2.75, 3.05) is 13.1 Å². The molecule has 0 saturated carbocycles. The van der Waals surface area contributed by atoms with Gasteiger partial charge in [0.05, 0.1) is 0 Å². The van der Waals surface area contributed by atoms with Gasteiger partial charge in [0, 0.05) is 61.0 Å². The maximum atomic E-state index is 13.0. The summed E-state index contributed by atoms with van der Waals surface area (Å²) in [7, 11) is 0. The first-order valence-electron chi connectivity index (χ1n) is 10.3. The van der Waals surface area contributed by atoms with Crippen LogP contribution in [0.1, 0.15) is 46.1 Å². The summed E-state index contributed by atoms with van der Waals surface area (Å²) in [5.74, 6) is -2.51. The van der Waals surface area contributed by atoms with E-state index in [4.69, 9.17) is 0 Å². The number of amides is 3. The zero-order chi connectivity index (χ0) is 23.2. The average Bonchev–Trinajstić information content (AvgIpc) is 2.72. The van der Waals surface area contributed by atoms with Crippen LogP contribution in [0.4, 0.5) is 4.39 Å². The minimum absolute atomic E-state index is 0. The molecule has 1 aliphatic rings. The maximum Gasteiger partial charge on any atom is 0.298 e. The maximum absolute atomic E-state index is 13.0. The van der Waals surface area contributed by atoms with Crippen molar-refractivity contribution in [2.45, 2.75) is 53.1 Å². The molecule has 8 nitrogen and oxygen atoms in total. The van der Waals surface area contributed by atoms with E-state index in [1.165, 1.54) is 29.2 Å². The number of benzene rings is 1. The number of hydrogen-bond acceptors (Lipinski definition) is 5. The number of nitrogens with zero attached hydrogens (tertiary/aromatic N) is 2. The Morgan fingerprint density at radius 2 is 1.75 bits per heavy atom. The Bertz CT molecular complexity index is 881. The number of carbonyl (C=O) groups is 4. The summed E-state index contributed by atoms with van der Waals surface area (Å²) in [5.41, 5.74) is 0.0681. The van der Waals surface area contributed by atoms with Crippen LogP contribution in [0.3, 0.4) is 0 Å². The molecule has 3 amide bonds. The van der Waals surface area contributed by atoms with Crippen molar-refractivity contribution in [3.8, 4) is 0 Å². The second-order valence-electron chi connectivity index (χ2n) is 8.33. The quantitative estimate of drug-likeness (QED) is 0.266. The zero-order valence-electron chi connectivity index (χ0n) is 19.3. The van der Waals surface area contributed by atoms with Gasteiger partial charge in [0.25, 0.3) is 17.6 Å². The van der Waals surface area contributed by atoms with Gasteiger partial charge >= 0.3 is 0 Å². The molecule has 0 bridgehead atoms. The fourth-order valence-electron chi connectivity index (χ4n) is 3.06. The van der Waals surface area contributed by atoms with Gasteiger partial charge in [-0.25, -0.2) is 9.38 Å². The van der Waals surface area contributed by atoms with E-state index in [1.807, 2.05) is 20.8 Å². The molecule has 169 valence electrons. The first kappa shape index (κ1) is 27.9. The summed E-state index contributed by atoms with van der Waals surface area (Å²) in [4.78, 5) is 55.0. The van der Waals surface area contributed by atoms with Crippen LogP contribution in [0.25, 0.3) is 0 Å². The van der Waals surface area contributed by atoms with Gasteiger partial charge in [0.2, 0.25) is 5.91 Å². The molecule has 1 radical (unpaired) electrons. The van der Waals surface area contributed by atoms with Crippen molar-refractivity contribution in [1.29, 1.82) is 0 Å². The predicted octanol–water partition coefficient (Wildman–Crippen LogP) is 1.20. The van der Waals surface area contributed by atoms with E-state index in [0.717, 1.165) is 0 Å². The van der Waals surface area contributed by atoms with Crippen LogP contribution in [0.15, 0.2) is 29.3 Å². The molecular weight excluding hydrogens is 426 g/mol. The van der Waals surface area contributed by atoms with E-state index in [-0.39, 0.29) is 48.6 Å². The Balaban J connectivity index is 0.00000512. The molecule has 1 unspecified atom stereocenters. The number of nitrogens with one attached hydrogen (secondary N) is 2. The third-order valence-electron chi connectivity index (χ3n) is 4.71. The number of amidine groups is 1. The van der Waals surface area contributed by atoms with Gasteiger partial charge in [-0.05, 0) is 24.1 Å². The van der Waals surface area contributed by atoms with Gasteiger partial charge in [-0.2, -0.15) is 0 Å². The molecule has 1 aromatic rings. The van der Waals surface area contributed by atoms with E-state index < -0.39 is 34.9 Å². The van der Waals surface area contributed by atoms with E-state index in [2.05, 4.69) is 15.6 Å². The Morgan fingerprint density at radius 1 is 1.12 bits per heavy atom. The molecule has 2 rings (SSSR count). The van der Waals surface area contributed by atoms with Crippen LogP contribution in [0.2, 0.25) is 0 Å². The van der Waals surface area contributed by atoms with E-state index in [9.17, 15) is 23.6 Å². The van der Waals surface area contributed by atoms with Crippen LogP contribution >= 0.6 is 0 Å². The van der Waals surface area contributed by atoms with Gasteiger partial charge in [-0.3, -0.25) is 24.1 Å². The summed E-state index contributed by atoms with van der Waals surface area (Å²) < 4.78 is 13.0. The summed E-state index contributed by atoms with van der Waals surface area (Å²) in [6.07, 6.45) is 0.811. The van der Waals surface area contributed by atoms with Gasteiger partial charge in [0.1, 0.15) is 11.7 Å². The number of rotatable bonds is 8. The van der Waals surface area contributed by atoms with Gasteiger partial charge < -0.3 is 10.6 Å². The molecule has 0 spiro atoms. The van der Waals surface area contributed by atoms with Crippen molar-refractivity contribution in [3.05, 3.63) is 35.6 Å². The molecule has 0 fully saturated rings. The average molecular weight is 455 g/mol. The molecule has 1 aliphatic heterocycles. The molecule has 0 aromatic heterocycles. The summed E-state index contributed by atoms with van der Waals surface area (Å²) in [6.45, 7) is 7.92. The Hall–Kier alpha value is -2.10. The number of halogens is 1. The molecule has 32 heavy (non-hydrogen) atoms. The van der Waals surface area contributed by atoms with Crippen molar-refractivity contribution in [2.24, 2.45) is 10.4 Å². The van der Waals surface area contributed by atoms with Crippen LogP contribution in [-0.4, -0.2) is 82.9 Å². The Labute approximate surface area is 209 Å². The normalized spacial score (nSPS) is 16.2. The molecule has 1 heterocycles. The van der Waals surface area contributed by atoms with E-state index >= 15 is 0 Å². The van der Waals surface area contributed by atoms with Crippen LogP contribution in [0.5, 0.6) is 0 Å². The largest absolute Gasteiger partial charge is 0.356 e. The first-order valence-corrected chi connectivity index (χ1v) is 10.3. The smallest absolute Gasteiger partial charge is 0.298 e. The second-order valence-corrected chi connectivity index (χ2v) is 8.33. The number of carbonyl (C=O) groups excluding carboxylic acids is 4. The molecule has 2 N–H and O–H groups in total. The summed E-state index contributed by atoms with van der Waals surface area (Å²) in [5, 5.41) is 5.31. The molecule has 0 saturated heterocycles. The molecule has 1 aromatic carbocycles. The molecule has 0 aliphatic carbocycles. The Kier molecular flexibility index (Phi) is 10.7. The SMILES string of the molecule is CCC(=O)NCCCN1C(=O)C(=O)C(C(=O)NCc2ccc(F)cc2)N=C1C(C)(C)C.[Na]. The van der Waals surface area contributed by atoms with Gasteiger partial charge in [-0.15, -0.1) is 0 Å². The number of ketones is 1. The summed E-state index contributed by atoms with van der Waals surface area (Å²) >= 11 is 0. The van der Waals surface area contributed by atoms with Crippen molar-refractivity contribution in [1.82, 2.24) is 15.5 Å². The third-order valence-corrected chi connectivity index (χ3v) is 4.71. The minimum Gasteiger partial charge on any atom is -0.356 e.